The second kappa shape index (κ2) is 7.66. The summed E-state index contributed by atoms with van der Waals surface area (Å²) in [5, 5.41) is 0. The summed E-state index contributed by atoms with van der Waals surface area (Å²) in [6.45, 7) is 12.1. The van der Waals surface area contributed by atoms with Crippen molar-refractivity contribution in [3.63, 3.8) is 0 Å². The molecule has 1 saturated carbocycles. The maximum Gasteiger partial charge on any atom is 0.320 e. The third-order valence-corrected chi connectivity index (χ3v) is 7.41. The SMILES string of the molecule is CCN(C(=O)N1CCC(C(=O)N2CC3CC3(c3ccc(C)cc3)C2)CC1)C(C)C. The predicted molar refractivity (Wildman–Crippen MR) is 115 cm³/mol. The average molecular weight is 398 g/mol. The monoisotopic (exact) mass is 397 g/mol. The highest BCUT2D eigenvalue weighted by atomic mass is 16.2. The standard InChI is InChI=1S/C24H35N3O2/c1-5-27(17(2)3)23(29)25-12-10-19(11-13-25)22(28)26-15-21-14-24(21,16-26)20-8-6-18(4)7-9-20/h6-9,17,19,21H,5,10-16H2,1-4H3. The molecule has 3 amide bonds. The number of amides is 3. The van der Waals surface area contributed by atoms with Gasteiger partial charge >= 0.3 is 6.03 Å². The van der Waals surface area contributed by atoms with Gasteiger partial charge in [-0.15, -0.1) is 0 Å². The fraction of sp³-hybridized carbons (Fsp3) is 0.667. The molecule has 4 rings (SSSR count). The zero-order valence-corrected chi connectivity index (χ0v) is 18.4. The molecule has 2 heterocycles. The summed E-state index contributed by atoms with van der Waals surface area (Å²) in [5.74, 6) is 1.01. The number of piperidine rings is 2. The van der Waals surface area contributed by atoms with Crippen molar-refractivity contribution in [3.05, 3.63) is 35.4 Å². The number of likely N-dealkylation sites (tertiary alicyclic amines) is 2. The Labute approximate surface area is 175 Å². The Balaban J connectivity index is 1.33. The normalized spacial score (nSPS) is 26.6. The minimum atomic E-state index is 0.0701. The van der Waals surface area contributed by atoms with Crippen LogP contribution in [0.1, 0.15) is 51.2 Å². The van der Waals surface area contributed by atoms with Crippen molar-refractivity contribution < 1.29 is 9.59 Å². The van der Waals surface area contributed by atoms with E-state index in [1.807, 2.05) is 16.7 Å². The van der Waals surface area contributed by atoms with Gasteiger partial charge in [0.15, 0.2) is 0 Å². The number of rotatable bonds is 4. The molecule has 1 aliphatic carbocycles. The van der Waals surface area contributed by atoms with E-state index in [0.29, 0.717) is 24.9 Å². The minimum absolute atomic E-state index is 0.0701. The summed E-state index contributed by atoms with van der Waals surface area (Å²) in [4.78, 5) is 31.9. The third-order valence-electron chi connectivity index (χ3n) is 7.41. The molecule has 5 heteroatoms. The van der Waals surface area contributed by atoms with Crippen LogP contribution in [-0.2, 0) is 10.2 Å². The first kappa shape index (κ1) is 20.2. The number of fused-ring (bicyclic) bond motifs is 1. The van der Waals surface area contributed by atoms with Crippen LogP contribution >= 0.6 is 0 Å². The highest BCUT2D eigenvalue weighted by Crippen LogP contribution is 2.59. The van der Waals surface area contributed by atoms with Gasteiger partial charge in [-0.3, -0.25) is 4.79 Å². The molecule has 1 aromatic carbocycles. The molecular weight excluding hydrogens is 362 g/mol. The molecule has 2 saturated heterocycles. The topological polar surface area (TPSA) is 43.9 Å². The van der Waals surface area contributed by atoms with Gasteiger partial charge in [-0.1, -0.05) is 29.8 Å². The molecule has 3 aliphatic rings. The van der Waals surface area contributed by atoms with Gasteiger partial charge in [-0.2, -0.15) is 0 Å². The molecule has 0 bridgehead atoms. The van der Waals surface area contributed by atoms with Crippen molar-refractivity contribution in [2.45, 2.75) is 58.4 Å². The summed E-state index contributed by atoms with van der Waals surface area (Å²) in [6, 6.07) is 9.21. The van der Waals surface area contributed by atoms with E-state index < -0.39 is 0 Å². The first-order valence-electron chi connectivity index (χ1n) is 11.3. The number of hydrogen-bond acceptors (Lipinski definition) is 2. The molecule has 0 aromatic heterocycles. The van der Waals surface area contributed by atoms with E-state index in [2.05, 4.69) is 49.9 Å². The van der Waals surface area contributed by atoms with Gasteiger partial charge in [0.05, 0.1) is 0 Å². The Hall–Kier alpha value is -2.04. The number of hydrogen-bond donors (Lipinski definition) is 0. The molecule has 0 radical (unpaired) electrons. The van der Waals surface area contributed by atoms with Crippen molar-refractivity contribution in [2.24, 2.45) is 11.8 Å². The Kier molecular flexibility index (Phi) is 5.34. The fourth-order valence-corrected chi connectivity index (χ4v) is 5.46. The number of benzene rings is 1. The molecular formula is C24H35N3O2. The van der Waals surface area contributed by atoms with E-state index in [0.717, 1.165) is 32.5 Å². The second-order valence-electron chi connectivity index (χ2n) is 9.57. The van der Waals surface area contributed by atoms with Crippen molar-refractivity contribution in [2.75, 3.05) is 32.7 Å². The van der Waals surface area contributed by atoms with E-state index in [9.17, 15) is 9.59 Å². The molecule has 158 valence electrons. The lowest BCUT2D eigenvalue weighted by atomic mass is 9.93. The van der Waals surface area contributed by atoms with E-state index in [-0.39, 0.29) is 23.4 Å². The van der Waals surface area contributed by atoms with Gasteiger partial charge in [-0.25, -0.2) is 4.79 Å². The van der Waals surface area contributed by atoms with E-state index in [1.54, 1.807) is 0 Å². The average Bonchev–Trinajstić information content (AvgIpc) is 3.29. The van der Waals surface area contributed by atoms with Crippen molar-refractivity contribution >= 4 is 11.9 Å². The molecule has 29 heavy (non-hydrogen) atoms. The zero-order chi connectivity index (χ0) is 20.8. The maximum absolute atomic E-state index is 13.2. The summed E-state index contributed by atoms with van der Waals surface area (Å²) < 4.78 is 0. The van der Waals surface area contributed by atoms with Gasteiger partial charge in [0.1, 0.15) is 0 Å². The Morgan fingerprint density at radius 2 is 1.79 bits per heavy atom. The first-order chi connectivity index (χ1) is 13.9. The number of carbonyl (C=O) groups excluding carboxylic acids is 2. The summed E-state index contributed by atoms with van der Waals surface area (Å²) in [5.41, 5.74) is 2.89. The number of aryl methyl sites for hydroxylation is 1. The quantitative estimate of drug-likeness (QED) is 0.778. The highest BCUT2D eigenvalue weighted by Gasteiger charge is 2.61. The molecule has 1 aromatic rings. The first-order valence-corrected chi connectivity index (χ1v) is 11.3. The Morgan fingerprint density at radius 3 is 2.38 bits per heavy atom. The summed E-state index contributed by atoms with van der Waals surface area (Å²) >= 11 is 0. The zero-order valence-electron chi connectivity index (χ0n) is 18.4. The Bertz CT molecular complexity index is 767. The number of carbonyl (C=O) groups is 2. The fourth-order valence-electron chi connectivity index (χ4n) is 5.46. The van der Waals surface area contributed by atoms with Crippen molar-refractivity contribution in [1.29, 1.82) is 0 Å². The van der Waals surface area contributed by atoms with Crippen molar-refractivity contribution in [1.82, 2.24) is 14.7 Å². The largest absolute Gasteiger partial charge is 0.341 e. The van der Waals surface area contributed by atoms with E-state index in [4.69, 9.17) is 0 Å². The smallest absolute Gasteiger partial charge is 0.320 e. The molecule has 5 nitrogen and oxygen atoms in total. The number of urea groups is 1. The molecule has 0 spiro atoms. The van der Waals surface area contributed by atoms with Gasteiger partial charge in [0.25, 0.3) is 0 Å². The van der Waals surface area contributed by atoms with Crippen LogP contribution in [-0.4, -0.2) is 65.4 Å². The lowest BCUT2D eigenvalue weighted by Gasteiger charge is -2.37. The summed E-state index contributed by atoms with van der Waals surface area (Å²) in [7, 11) is 0. The van der Waals surface area contributed by atoms with Crippen LogP contribution < -0.4 is 0 Å². The van der Waals surface area contributed by atoms with E-state index in [1.165, 1.54) is 17.5 Å². The van der Waals surface area contributed by atoms with Crippen LogP contribution in [0.15, 0.2) is 24.3 Å². The molecule has 2 unspecified atom stereocenters. The second-order valence-corrected chi connectivity index (χ2v) is 9.57. The maximum atomic E-state index is 13.2. The Morgan fingerprint density at radius 1 is 1.14 bits per heavy atom. The van der Waals surface area contributed by atoms with Crippen molar-refractivity contribution in [3.8, 4) is 0 Å². The predicted octanol–water partition coefficient (Wildman–Crippen LogP) is 3.66. The summed E-state index contributed by atoms with van der Waals surface area (Å²) in [6.07, 6.45) is 2.80. The van der Waals surface area contributed by atoms with Crippen LogP contribution in [0.2, 0.25) is 0 Å². The van der Waals surface area contributed by atoms with Gasteiger partial charge in [0.2, 0.25) is 5.91 Å². The van der Waals surface area contributed by atoms with Crippen LogP contribution in [0.25, 0.3) is 0 Å². The van der Waals surface area contributed by atoms with Gasteiger partial charge < -0.3 is 14.7 Å². The number of nitrogens with zero attached hydrogens (tertiary/aromatic N) is 3. The van der Waals surface area contributed by atoms with Gasteiger partial charge in [0, 0.05) is 50.1 Å². The van der Waals surface area contributed by atoms with Crippen LogP contribution in [0.5, 0.6) is 0 Å². The lowest BCUT2D eigenvalue weighted by Crippen LogP contribution is -2.50. The van der Waals surface area contributed by atoms with Crippen LogP contribution in [0, 0.1) is 18.8 Å². The van der Waals surface area contributed by atoms with Crippen LogP contribution in [0.4, 0.5) is 4.79 Å². The molecule has 2 atom stereocenters. The molecule has 0 N–H and O–H groups in total. The lowest BCUT2D eigenvalue weighted by molar-refractivity contribution is -0.136. The highest BCUT2D eigenvalue weighted by molar-refractivity contribution is 5.81. The molecule has 3 fully saturated rings. The minimum Gasteiger partial charge on any atom is -0.341 e. The van der Waals surface area contributed by atoms with Crippen LogP contribution in [0.3, 0.4) is 0 Å². The third kappa shape index (κ3) is 3.64. The molecule has 2 aliphatic heterocycles. The van der Waals surface area contributed by atoms with E-state index >= 15 is 0 Å². The van der Waals surface area contributed by atoms with Gasteiger partial charge in [-0.05, 0) is 58.4 Å².